The molecule has 0 aliphatic rings. The van der Waals surface area contributed by atoms with E-state index >= 15 is 0 Å². The predicted octanol–water partition coefficient (Wildman–Crippen LogP) is 2.09. The van der Waals surface area contributed by atoms with Crippen LogP contribution in [0.1, 0.15) is 49.7 Å². The third-order valence-corrected chi connectivity index (χ3v) is 8.39. The topological polar surface area (TPSA) is 242 Å². The van der Waals surface area contributed by atoms with Crippen LogP contribution in [0.15, 0.2) is 88.8 Å². The first-order valence-corrected chi connectivity index (χ1v) is 17.5. The van der Waals surface area contributed by atoms with Crippen LogP contribution in [-0.4, -0.2) is 67.4 Å². The molecule has 3 amide bonds. The van der Waals surface area contributed by atoms with Gasteiger partial charge < -0.3 is 44.6 Å². The minimum Gasteiger partial charge on any atom is -0.370 e. The summed E-state index contributed by atoms with van der Waals surface area (Å²) in [6.07, 6.45) is 3.84. The van der Waals surface area contributed by atoms with E-state index in [2.05, 4.69) is 25.9 Å². The van der Waals surface area contributed by atoms with Crippen molar-refractivity contribution in [2.45, 2.75) is 69.5 Å². The second kappa shape index (κ2) is 21.8. The molecule has 0 saturated heterocycles. The third-order valence-electron chi connectivity index (χ3n) is 8.13. The molecule has 14 heteroatoms. The number of hydrogen-bond acceptors (Lipinski definition) is 6. The van der Waals surface area contributed by atoms with E-state index in [0.29, 0.717) is 63.2 Å². The van der Waals surface area contributed by atoms with E-state index in [1.165, 1.54) is 0 Å². The number of hydrogen-bond donors (Lipinski definition) is 8. The van der Waals surface area contributed by atoms with Gasteiger partial charge in [-0.2, -0.15) is 0 Å². The van der Waals surface area contributed by atoms with E-state index in [1.807, 2.05) is 66.7 Å². The molecule has 3 aromatic rings. The number of rotatable bonds is 21. The maximum atomic E-state index is 13.8. The number of unbranched alkanes of at least 4 members (excludes halogenated alkanes) is 2. The highest BCUT2D eigenvalue weighted by molar-refractivity contribution is 6.30. The summed E-state index contributed by atoms with van der Waals surface area (Å²) in [5.74, 6) is -1.32. The summed E-state index contributed by atoms with van der Waals surface area (Å²) in [4.78, 5) is 48.6. The summed E-state index contributed by atoms with van der Waals surface area (Å²) >= 11 is 5.99. The second-order valence-electron chi connectivity index (χ2n) is 12.3. The molecule has 13 N–H and O–H groups in total. The molecule has 51 heavy (non-hydrogen) atoms. The quantitative estimate of drug-likeness (QED) is 0.0460. The Morgan fingerprint density at radius 1 is 0.627 bits per heavy atom. The van der Waals surface area contributed by atoms with Gasteiger partial charge in [0.25, 0.3) is 0 Å². The van der Waals surface area contributed by atoms with Crippen LogP contribution < -0.4 is 44.6 Å². The molecule has 0 aliphatic heterocycles. The van der Waals surface area contributed by atoms with Crippen molar-refractivity contribution in [2.24, 2.45) is 38.7 Å². The molecule has 13 nitrogen and oxygen atoms in total. The molecule has 0 radical (unpaired) electrons. The molecule has 3 aromatic carbocycles. The van der Waals surface area contributed by atoms with E-state index in [1.54, 1.807) is 12.1 Å². The molecule has 0 saturated carbocycles. The minimum absolute atomic E-state index is 0.0143. The van der Waals surface area contributed by atoms with E-state index in [-0.39, 0.29) is 30.7 Å². The molecule has 274 valence electrons. The molecule has 0 aromatic heterocycles. The van der Waals surface area contributed by atoms with Crippen LogP contribution in [0.4, 0.5) is 0 Å². The number of aryl methyl sites for hydroxylation is 1. The Labute approximate surface area is 304 Å². The monoisotopic (exact) mass is 718 g/mol. The number of guanidine groups is 2. The SMILES string of the molecule is NC(N)=NCCCCNC(=O)C(Cc1ccc(-c2ccccc2)cc1)NC(=O)C(CCCCN=C(N)N)NC(=O)C(N)CCc1ccc(Cl)cc1. The minimum atomic E-state index is -0.950. The Morgan fingerprint density at radius 2 is 1.20 bits per heavy atom. The Kier molecular flexibility index (Phi) is 17.3. The van der Waals surface area contributed by atoms with Gasteiger partial charge in [0.05, 0.1) is 6.04 Å². The molecule has 0 heterocycles. The van der Waals surface area contributed by atoms with Gasteiger partial charge in [0, 0.05) is 31.1 Å². The number of carbonyl (C=O) groups excluding carboxylic acids is 3. The van der Waals surface area contributed by atoms with Gasteiger partial charge in [-0.1, -0.05) is 78.3 Å². The summed E-state index contributed by atoms with van der Waals surface area (Å²) in [6.45, 7) is 1.18. The maximum absolute atomic E-state index is 13.8. The first kappa shape index (κ1) is 40.3. The summed E-state index contributed by atoms with van der Waals surface area (Å²) in [5, 5.41) is 9.27. The zero-order valence-corrected chi connectivity index (χ0v) is 29.7. The fourth-order valence-electron chi connectivity index (χ4n) is 5.28. The number of carbonyl (C=O) groups is 3. The van der Waals surface area contributed by atoms with Crippen LogP contribution in [0.25, 0.3) is 11.1 Å². The Balaban J connectivity index is 1.73. The summed E-state index contributed by atoms with van der Waals surface area (Å²) in [6, 6.07) is 22.4. The number of nitrogens with one attached hydrogen (secondary N) is 3. The number of amides is 3. The van der Waals surface area contributed by atoms with Gasteiger partial charge in [0.2, 0.25) is 17.7 Å². The van der Waals surface area contributed by atoms with E-state index in [4.69, 9.17) is 40.3 Å². The number of aliphatic imine (C=N–C) groups is 2. The van der Waals surface area contributed by atoms with Crippen LogP contribution in [0.5, 0.6) is 0 Å². The molecule has 0 spiro atoms. The molecular weight excluding hydrogens is 668 g/mol. The number of halogens is 1. The van der Waals surface area contributed by atoms with Crippen molar-refractivity contribution >= 4 is 41.2 Å². The first-order chi connectivity index (χ1) is 24.5. The predicted molar refractivity (Wildman–Crippen MR) is 205 cm³/mol. The average molecular weight is 719 g/mol. The van der Waals surface area contributed by atoms with E-state index in [9.17, 15) is 14.4 Å². The normalized spacial score (nSPS) is 12.5. The van der Waals surface area contributed by atoms with Crippen LogP contribution in [-0.2, 0) is 27.2 Å². The molecule has 0 bridgehead atoms. The van der Waals surface area contributed by atoms with Crippen molar-refractivity contribution in [3.8, 4) is 11.1 Å². The van der Waals surface area contributed by atoms with Crippen molar-refractivity contribution in [3.63, 3.8) is 0 Å². The van der Waals surface area contributed by atoms with Crippen molar-refractivity contribution in [1.82, 2.24) is 16.0 Å². The van der Waals surface area contributed by atoms with Crippen LogP contribution in [0.3, 0.4) is 0 Å². The standard InChI is InChI=1S/C37H51ClN10O3/c38-29-18-13-25(14-19-29)15-20-30(39)33(49)47-31(10-4-5-22-45-36(40)41)35(51)48-32(34(50)44-21-6-7-23-46-37(42)43)24-26-11-16-28(17-12-26)27-8-2-1-3-9-27/h1-3,8-9,11-14,16-19,30-32H,4-7,10,15,20-24,39H2,(H,44,50)(H,47,49)(H,48,51)(H4,40,41,45)(H4,42,43,46). The number of nitrogens with zero attached hydrogens (tertiary/aromatic N) is 2. The van der Waals surface area contributed by atoms with Gasteiger partial charge in [0.15, 0.2) is 11.9 Å². The maximum Gasteiger partial charge on any atom is 0.243 e. The molecular formula is C37H51ClN10O3. The van der Waals surface area contributed by atoms with Crippen LogP contribution in [0, 0.1) is 0 Å². The Morgan fingerprint density at radius 3 is 1.82 bits per heavy atom. The average Bonchev–Trinajstić information content (AvgIpc) is 3.12. The lowest BCUT2D eigenvalue weighted by Gasteiger charge is -2.24. The number of benzene rings is 3. The summed E-state index contributed by atoms with van der Waals surface area (Å²) < 4.78 is 0. The van der Waals surface area contributed by atoms with Crippen LogP contribution in [0.2, 0.25) is 5.02 Å². The van der Waals surface area contributed by atoms with Gasteiger partial charge >= 0.3 is 0 Å². The lowest BCUT2D eigenvalue weighted by molar-refractivity contribution is -0.132. The van der Waals surface area contributed by atoms with E-state index in [0.717, 1.165) is 22.3 Å². The van der Waals surface area contributed by atoms with E-state index < -0.39 is 29.9 Å². The molecule has 0 fully saturated rings. The number of nitrogens with two attached hydrogens (primary N) is 5. The third kappa shape index (κ3) is 15.5. The van der Waals surface area contributed by atoms with Crippen LogP contribution >= 0.6 is 11.6 Å². The van der Waals surface area contributed by atoms with Gasteiger partial charge in [-0.15, -0.1) is 0 Å². The largest absolute Gasteiger partial charge is 0.370 e. The fraction of sp³-hybridized carbons (Fsp3) is 0.378. The Hall–Kier alpha value is -5.14. The fourth-order valence-corrected chi connectivity index (χ4v) is 5.41. The van der Waals surface area contributed by atoms with Gasteiger partial charge in [-0.05, 0) is 79.3 Å². The summed E-state index contributed by atoms with van der Waals surface area (Å²) in [7, 11) is 0. The van der Waals surface area contributed by atoms with Crippen molar-refractivity contribution in [1.29, 1.82) is 0 Å². The Bertz CT molecular complexity index is 1580. The lowest BCUT2D eigenvalue weighted by Crippen LogP contribution is -2.56. The van der Waals surface area contributed by atoms with Crippen molar-refractivity contribution in [3.05, 3.63) is 95.0 Å². The molecule has 3 atom stereocenters. The van der Waals surface area contributed by atoms with Gasteiger partial charge in [-0.3, -0.25) is 24.4 Å². The van der Waals surface area contributed by atoms with Gasteiger partial charge in [0.1, 0.15) is 12.1 Å². The molecule has 0 aliphatic carbocycles. The van der Waals surface area contributed by atoms with Crippen molar-refractivity contribution < 1.29 is 14.4 Å². The second-order valence-corrected chi connectivity index (χ2v) is 12.7. The zero-order chi connectivity index (χ0) is 37.0. The van der Waals surface area contributed by atoms with Crippen molar-refractivity contribution in [2.75, 3.05) is 19.6 Å². The highest BCUT2D eigenvalue weighted by atomic mass is 35.5. The highest BCUT2D eigenvalue weighted by Gasteiger charge is 2.28. The van der Waals surface area contributed by atoms with Gasteiger partial charge in [-0.25, -0.2) is 0 Å². The lowest BCUT2D eigenvalue weighted by atomic mass is 9.99. The molecule has 3 unspecified atom stereocenters. The summed E-state index contributed by atoms with van der Waals surface area (Å²) in [5.41, 5.74) is 31.9. The smallest absolute Gasteiger partial charge is 0.243 e. The zero-order valence-electron chi connectivity index (χ0n) is 28.9. The highest BCUT2D eigenvalue weighted by Crippen LogP contribution is 2.20. The first-order valence-electron chi connectivity index (χ1n) is 17.2. The molecule has 3 rings (SSSR count).